The molecule has 22 heavy (non-hydrogen) atoms. The van der Waals surface area contributed by atoms with E-state index in [9.17, 15) is 4.79 Å². The smallest absolute Gasteiger partial charge is 0.241 e. The van der Waals surface area contributed by atoms with E-state index in [1.165, 1.54) is 0 Å². The van der Waals surface area contributed by atoms with Crippen LogP contribution in [0.3, 0.4) is 0 Å². The van der Waals surface area contributed by atoms with Crippen LogP contribution in [0.1, 0.15) is 18.4 Å². The maximum Gasteiger partial charge on any atom is 0.241 e. The summed E-state index contributed by atoms with van der Waals surface area (Å²) in [6, 6.07) is 1.88. The summed E-state index contributed by atoms with van der Waals surface area (Å²) in [5, 5.41) is 2.85. The van der Waals surface area contributed by atoms with Gasteiger partial charge in [0.15, 0.2) is 0 Å². The van der Waals surface area contributed by atoms with Crippen molar-refractivity contribution in [1.82, 2.24) is 10.2 Å². The predicted molar refractivity (Wildman–Crippen MR) is 98.9 cm³/mol. The van der Waals surface area contributed by atoms with Crippen LogP contribution in [0.4, 0.5) is 0 Å². The largest absolute Gasteiger partial charge is 0.494 e. The van der Waals surface area contributed by atoms with E-state index in [4.69, 9.17) is 4.74 Å². The molecule has 1 atom stereocenters. The lowest BCUT2D eigenvalue weighted by molar-refractivity contribution is -0.124. The summed E-state index contributed by atoms with van der Waals surface area (Å²) in [4.78, 5) is 14.2. The Bertz CT molecular complexity index is 605. The van der Waals surface area contributed by atoms with Crippen molar-refractivity contribution in [2.75, 3.05) is 20.7 Å². The van der Waals surface area contributed by atoms with Gasteiger partial charge in [0.25, 0.3) is 0 Å². The average Bonchev–Trinajstić information content (AvgIpc) is 2.88. The molecule has 1 aliphatic rings. The quantitative estimate of drug-likeness (QED) is 0.680. The number of likely N-dealkylation sites (tertiary alicyclic amines) is 1. The Morgan fingerprint density at radius 3 is 2.73 bits per heavy atom. The first kappa shape index (κ1) is 18.0. The molecule has 1 amide bonds. The monoisotopic (exact) mass is 494 g/mol. The topological polar surface area (TPSA) is 41.6 Å². The number of nitrogens with zero attached hydrogens (tertiary/aromatic N) is 1. The van der Waals surface area contributed by atoms with Crippen LogP contribution in [0.2, 0.25) is 0 Å². The van der Waals surface area contributed by atoms with Crippen LogP contribution in [0, 0.1) is 0 Å². The molecular formula is C15H17Br3N2O2. The molecule has 1 N–H and O–H groups in total. The fourth-order valence-electron chi connectivity index (χ4n) is 2.47. The molecule has 0 saturated carbocycles. The van der Waals surface area contributed by atoms with Gasteiger partial charge in [0.2, 0.25) is 5.91 Å². The summed E-state index contributed by atoms with van der Waals surface area (Å²) in [5.41, 5.74) is 0.903. The van der Waals surface area contributed by atoms with E-state index >= 15 is 0 Å². The Labute approximate surface area is 155 Å². The highest BCUT2D eigenvalue weighted by Gasteiger charge is 2.26. The Morgan fingerprint density at radius 1 is 1.41 bits per heavy atom. The molecule has 120 valence electrons. The molecule has 1 aromatic carbocycles. The predicted octanol–water partition coefficient (Wildman–Crippen LogP) is 4.16. The Balaban J connectivity index is 2.12. The van der Waals surface area contributed by atoms with Crippen molar-refractivity contribution in [1.29, 1.82) is 0 Å². The van der Waals surface area contributed by atoms with Gasteiger partial charge in [-0.1, -0.05) is 15.9 Å². The SMILES string of the molecule is COc1c(Br)cc(Br)c(C=CNC(=O)C2CCCN2C)c1Br. The number of likely N-dealkylation sites (N-methyl/N-ethyl adjacent to an activating group) is 1. The second kappa shape index (κ2) is 7.95. The van der Waals surface area contributed by atoms with Crippen molar-refractivity contribution in [2.45, 2.75) is 18.9 Å². The van der Waals surface area contributed by atoms with Crippen molar-refractivity contribution >= 4 is 59.8 Å². The number of halogens is 3. The molecule has 0 aromatic heterocycles. The number of hydrogen-bond acceptors (Lipinski definition) is 3. The highest BCUT2D eigenvalue weighted by Crippen LogP contribution is 2.40. The zero-order chi connectivity index (χ0) is 16.3. The van der Waals surface area contributed by atoms with E-state index in [2.05, 4.69) is 58.0 Å². The van der Waals surface area contributed by atoms with Crippen LogP contribution in [0.5, 0.6) is 5.75 Å². The van der Waals surface area contributed by atoms with Crippen LogP contribution in [0.25, 0.3) is 6.08 Å². The lowest BCUT2D eigenvalue weighted by Crippen LogP contribution is -2.39. The molecule has 4 nitrogen and oxygen atoms in total. The maximum absolute atomic E-state index is 12.1. The Hall–Kier alpha value is -0.370. The van der Waals surface area contributed by atoms with Crippen molar-refractivity contribution in [2.24, 2.45) is 0 Å². The minimum absolute atomic E-state index is 0.0315. The van der Waals surface area contributed by atoms with Gasteiger partial charge in [-0.3, -0.25) is 9.69 Å². The maximum atomic E-state index is 12.1. The van der Waals surface area contributed by atoms with Crippen molar-refractivity contribution in [3.05, 3.63) is 31.2 Å². The molecule has 7 heteroatoms. The third kappa shape index (κ3) is 3.93. The van der Waals surface area contributed by atoms with Gasteiger partial charge in [0.05, 0.1) is 22.1 Å². The zero-order valence-electron chi connectivity index (χ0n) is 12.3. The summed E-state index contributed by atoms with van der Waals surface area (Å²) in [5.74, 6) is 0.747. The van der Waals surface area contributed by atoms with Gasteiger partial charge >= 0.3 is 0 Å². The zero-order valence-corrected chi connectivity index (χ0v) is 17.1. The minimum atomic E-state index is -0.0315. The van der Waals surface area contributed by atoms with E-state index in [-0.39, 0.29) is 11.9 Å². The van der Waals surface area contributed by atoms with Gasteiger partial charge in [-0.15, -0.1) is 0 Å². The highest BCUT2D eigenvalue weighted by molar-refractivity contribution is 9.11. The molecule has 0 bridgehead atoms. The molecule has 2 rings (SSSR count). The van der Waals surface area contributed by atoms with Crippen LogP contribution >= 0.6 is 47.8 Å². The lowest BCUT2D eigenvalue weighted by atomic mass is 10.2. The summed E-state index contributed by atoms with van der Waals surface area (Å²) in [7, 11) is 3.59. The number of carbonyl (C=O) groups excluding carboxylic acids is 1. The van der Waals surface area contributed by atoms with Gasteiger partial charge in [0, 0.05) is 16.2 Å². The fourth-order valence-corrected chi connectivity index (χ4v) is 5.18. The Morgan fingerprint density at radius 2 is 2.14 bits per heavy atom. The van der Waals surface area contributed by atoms with Crippen molar-refractivity contribution in [3.63, 3.8) is 0 Å². The molecule has 1 unspecified atom stereocenters. The number of ether oxygens (including phenoxy) is 1. The Kier molecular flexibility index (Phi) is 6.49. The lowest BCUT2D eigenvalue weighted by Gasteiger charge is -2.17. The van der Waals surface area contributed by atoms with Gasteiger partial charge in [-0.05, 0) is 70.4 Å². The van der Waals surface area contributed by atoms with Gasteiger partial charge in [0.1, 0.15) is 5.75 Å². The molecule has 0 radical (unpaired) electrons. The third-order valence-corrected chi connectivity index (χ3v) is 5.70. The van der Waals surface area contributed by atoms with E-state index in [1.807, 2.05) is 19.2 Å². The first-order valence-electron chi connectivity index (χ1n) is 6.84. The van der Waals surface area contributed by atoms with Crippen molar-refractivity contribution in [3.8, 4) is 5.75 Å². The van der Waals surface area contributed by atoms with Crippen LogP contribution in [0.15, 0.2) is 25.7 Å². The molecule has 0 spiro atoms. The van der Waals surface area contributed by atoms with Crippen molar-refractivity contribution < 1.29 is 9.53 Å². The van der Waals surface area contributed by atoms with Gasteiger partial charge in [-0.2, -0.15) is 0 Å². The molecule has 1 fully saturated rings. The van der Waals surface area contributed by atoms with E-state index in [1.54, 1.807) is 13.3 Å². The summed E-state index contributed by atoms with van der Waals surface area (Å²) >= 11 is 10.5. The normalized spacial score (nSPS) is 18.9. The number of methoxy groups -OCH3 is 1. The molecule has 0 aliphatic carbocycles. The number of carbonyl (C=O) groups is 1. The molecule has 1 aliphatic heterocycles. The van der Waals surface area contributed by atoms with Gasteiger partial charge in [-0.25, -0.2) is 0 Å². The summed E-state index contributed by atoms with van der Waals surface area (Å²) in [6.07, 6.45) is 5.50. The first-order chi connectivity index (χ1) is 10.5. The summed E-state index contributed by atoms with van der Waals surface area (Å²) < 4.78 is 7.92. The second-order valence-electron chi connectivity index (χ2n) is 5.08. The van der Waals surface area contributed by atoms with E-state index < -0.39 is 0 Å². The number of amides is 1. The first-order valence-corrected chi connectivity index (χ1v) is 9.22. The molecule has 1 saturated heterocycles. The van der Waals surface area contributed by atoms with Crippen LogP contribution in [-0.2, 0) is 4.79 Å². The second-order valence-corrected chi connectivity index (χ2v) is 7.58. The molecular weight excluding hydrogens is 480 g/mol. The minimum Gasteiger partial charge on any atom is -0.494 e. The number of nitrogens with one attached hydrogen (secondary N) is 1. The summed E-state index contributed by atoms with van der Waals surface area (Å²) in [6.45, 7) is 0.975. The van der Waals surface area contributed by atoms with Crippen LogP contribution in [-0.4, -0.2) is 37.6 Å². The molecule has 1 aromatic rings. The van der Waals surface area contributed by atoms with Crippen LogP contribution < -0.4 is 10.1 Å². The van der Waals surface area contributed by atoms with E-state index in [0.29, 0.717) is 5.75 Å². The van der Waals surface area contributed by atoms with E-state index in [0.717, 1.165) is 38.4 Å². The fraction of sp³-hybridized carbons (Fsp3) is 0.400. The standard InChI is InChI=1S/C15H17Br3N2O2/c1-20-7-3-4-12(20)15(21)19-6-5-9-10(16)8-11(17)14(22-2)13(9)18/h5-6,8,12H,3-4,7H2,1-2H3,(H,19,21). The molecule has 1 heterocycles. The highest BCUT2D eigenvalue weighted by atomic mass is 79.9. The number of hydrogen-bond donors (Lipinski definition) is 1. The average molecular weight is 497 g/mol. The number of rotatable bonds is 4. The third-order valence-electron chi connectivity index (χ3n) is 3.67. The van der Waals surface area contributed by atoms with Gasteiger partial charge < -0.3 is 10.1 Å². The number of benzene rings is 1.